The zero-order valence-electron chi connectivity index (χ0n) is 10.2. The van der Waals surface area contributed by atoms with Crippen LogP contribution in [-0.2, 0) is 5.75 Å². The molecule has 0 saturated carbocycles. The fourth-order valence-electron chi connectivity index (χ4n) is 1.26. The van der Waals surface area contributed by atoms with Gasteiger partial charge < -0.3 is 4.74 Å². The van der Waals surface area contributed by atoms with Gasteiger partial charge in [-0.2, -0.15) is 17.0 Å². The zero-order valence-corrected chi connectivity index (χ0v) is 11.0. The third-order valence-corrected chi connectivity index (χ3v) is 3.39. The standard InChI is InChI=1S/C13H17NOS/c1-13(2,3)16-9-11-7-10(8-14)5-6-12(11)15-4/h5-7H,9H2,1-4H3. The molecule has 0 aliphatic rings. The SMILES string of the molecule is COc1ccc(C#N)cc1CSC(C)(C)C. The molecule has 1 aromatic rings. The lowest BCUT2D eigenvalue weighted by Crippen LogP contribution is -2.07. The minimum atomic E-state index is 0.216. The first-order valence-electron chi connectivity index (χ1n) is 5.17. The third kappa shape index (κ3) is 3.79. The summed E-state index contributed by atoms with van der Waals surface area (Å²) in [6, 6.07) is 7.69. The molecule has 0 amide bonds. The van der Waals surface area contributed by atoms with Gasteiger partial charge in [-0.1, -0.05) is 20.8 Å². The molecule has 0 fully saturated rings. The summed E-state index contributed by atoms with van der Waals surface area (Å²) in [4.78, 5) is 0. The molecule has 3 heteroatoms. The van der Waals surface area contributed by atoms with E-state index in [2.05, 4.69) is 26.8 Å². The number of methoxy groups -OCH3 is 1. The normalized spacial score (nSPS) is 10.9. The molecule has 1 rings (SSSR count). The van der Waals surface area contributed by atoms with Crippen molar-refractivity contribution in [2.75, 3.05) is 7.11 Å². The Morgan fingerprint density at radius 2 is 2.06 bits per heavy atom. The fraction of sp³-hybridized carbons (Fsp3) is 0.462. The minimum absolute atomic E-state index is 0.216. The Morgan fingerprint density at radius 1 is 1.38 bits per heavy atom. The van der Waals surface area contributed by atoms with Crippen LogP contribution in [0.25, 0.3) is 0 Å². The van der Waals surface area contributed by atoms with Crippen LogP contribution in [0.2, 0.25) is 0 Å². The molecular weight excluding hydrogens is 218 g/mol. The molecule has 0 saturated heterocycles. The Labute approximate surface area is 102 Å². The maximum Gasteiger partial charge on any atom is 0.122 e. The Balaban J connectivity index is 2.88. The van der Waals surface area contributed by atoms with Gasteiger partial charge in [0.15, 0.2) is 0 Å². The van der Waals surface area contributed by atoms with Crippen molar-refractivity contribution in [1.82, 2.24) is 0 Å². The second-order valence-electron chi connectivity index (χ2n) is 4.54. The molecule has 0 aliphatic heterocycles. The van der Waals surface area contributed by atoms with E-state index in [0.29, 0.717) is 5.56 Å². The van der Waals surface area contributed by atoms with E-state index < -0.39 is 0 Å². The molecule has 0 aromatic heterocycles. The van der Waals surface area contributed by atoms with E-state index >= 15 is 0 Å². The minimum Gasteiger partial charge on any atom is -0.496 e. The molecule has 0 bridgehead atoms. The summed E-state index contributed by atoms with van der Waals surface area (Å²) in [5.41, 5.74) is 1.77. The van der Waals surface area contributed by atoms with Gasteiger partial charge in [0.05, 0.1) is 18.7 Å². The van der Waals surface area contributed by atoms with Crippen LogP contribution in [-0.4, -0.2) is 11.9 Å². The van der Waals surface area contributed by atoms with Gasteiger partial charge in [0.2, 0.25) is 0 Å². The van der Waals surface area contributed by atoms with Crippen molar-refractivity contribution in [3.63, 3.8) is 0 Å². The molecule has 0 spiro atoms. The van der Waals surface area contributed by atoms with Gasteiger partial charge in [0.1, 0.15) is 5.75 Å². The van der Waals surface area contributed by atoms with E-state index in [1.165, 1.54) is 0 Å². The number of benzene rings is 1. The lowest BCUT2D eigenvalue weighted by atomic mass is 10.1. The second kappa shape index (κ2) is 5.27. The topological polar surface area (TPSA) is 33.0 Å². The van der Waals surface area contributed by atoms with E-state index in [1.807, 2.05) is 23.9 Å². The Morgan fingerprint density at radius 3 is 2.56 bits per heavy atom. The molecule has 0 N–H and O–H groups in total. The molecule has 1 aromatic carbocycles. The van der Waals surface area contributed by atoms with Crippen molar-refractivity contribution >= 4 is 11.8 Å². The van der Waals surface area contributed by atoms with Crippen molar-refractivity contribution in [3.8, 4) is 11.8 Å². The monoisotopic (exact) mass is 235 g/mol. The first kappa shape index (κ1) is 12.9. The highest BCUT2D eigenvalue weighted by molar-refractivity contribution is 7.99. The van der Waals surface area contributed by atoms with E-state index in [4.69, 9.17) is 10.00 Å². The number of nitrogens with zero attached hydrogens (tertiary/aromatic N) is 1. The highest BCUT2D eigenvalue weighted by Crippen LogP contribution is 2.31. The summed E-state index contributed by atoms with van der Waals surface area (Å²) in [6.07, 6.45) is 0. The van der Waals surface area contributed by atoms with Gasteiger partial charge in [0.25, 0.3) is 0 Å². The van der Waals surface area contributed by atoms with E-state index in [0.717, 1.165) is 17.1 Å². The van der Waals surface area contributed by atoms with Gasteiger partial charge in [-0.3, -0.25) is 0 Å². The van der Waals surface area contributed by atoms with Crippen LogP contribution < -0.4 is 4.74 Å². The summed E-state index contributed by atoms with van der Waals surface area (Å²) in [6.45, 7) is 6.54. The average Bonchev–Trinajstić information content (AvgIpc) is 2.25. The van der Waals surface area contributed by atoms with Gasteiger partial charge >= 0.3 is 0 Å². The maximum atomic E-state index is 8.86. The van der Waals surface area contributed by atoms with Crippen LogP contribution in [0.5, 0.6) is 5.75 Å². The summed E-state index contributed by atoms with van der Waals surface area (Å²) < 4.78 is 5.50. The lowest BCUT2D eigenvalue weighted by Gasteiger charge is -2.18. The van der Waals surface area contributed by atoms with Gasteiger partial charge in [-0.25, -0.2) is 0 Å². The highest BCUT2D eigenvalue weighted by Gasteiger charge is 2.13. The van der Waals surface area contributed by atoms with E-state index in [1.54, 1.807) is 13.2 Å². The van der Waals surface area contributed by atoms with Crippen LogP contribution in [0.1, 0.15) is 31.9 Å². The number of hydrogen-bond acceptors (Lipinski definition) is 3. The molecular formula is C13H17NOS. The number of rotatable bonds is 3. The predicted molar refractivity (Wildman–Crippen MR) is 68.8 cm³/mol. The molecule has 0 atom stereocenters. The molecule has 86 valence electrons. The van der Waals surface area contributed by atoms with Gasteiger partial charge in [-0.05, 0) is 18.2 Å². The zero-order chi connectivity index (χ0) is 12.2. The van der Waals surface area contributed by atoms with E-state index in [-0.39, 0.29) is 4.75 Å². The van der Waals surface area contributed by atoms with Crippen LogP contribution in [0, 0.1) is 11.3 Å². The molecule has 2 nitrogen and oxygen atoms in total. The lowest BCUT2D eigenvalue weighted by molar-refractivity contribution is 0.411. The van der Waals surface area contributed by atoms with Crippen molar-refractivity contribution in [3.05, 3.63) is 29.3 Å². The summed E-state index contributed by atoms with van der Waals surface area (Å²) in [5.74, 6) is 1.72. The van der Waals surface area contributed by atoms with E-state index in [9.17, 15) is 0 Å². The van der Waals surface area contributed by atoms with Crippen LogP contribution in [0.15, 0.2) is 18.2 Å². The Bertz CT molecular complexity index is 401. The van der Waals surface area contributed by atoms with Crippen LogP contribution in [0.3, 0.4) is 0 Å². The smallest absolute Gasteiger partial charge is 0.122 e. The van der Waals surface area contributed by atoms with Crippen molar-refractivity contribution in [1.29, 1.82) is 5.26 Å². The molecule has 0 unspecified atom stereocenters. The fourth-order valence-corrected chi connectivity index (χ4v) is 2.07. The largest absolute Gasteiger partial charge is 0.496 e. The van der Waals surface area contributed by atoms with Crippen molar-refractivity contribution in [2.45, 2.75) is 31.3 Å². The second-order valence-corrected chi connectivity index (χ2v) is 6.34. The average molecular weight is 235 g/mol. The van der Waals surface area contributed by atoms with Crippen LogP contribution >= 0.6 is 11.8 Å². The number of nitriles is 1. The Kier molecular flexibility index (Phi) is 4.26. The summed E-state index contributed by atoms with van der Waals surface area (Å²) >= 11 is 1.85. The number of thioether (sulfide) groups is 1. The maximum absolute atomic E-state index is 8.86. The quantitative estimate of drug-likeness (QED) is 0.802. The summed E-state index contributed by atoms with van der Waals surface area (Å²) in [5, 5.41) is 8.86. The summed E-state index contributed by atoms with van der Waals surface area (Å²) in [7, 11) is 1.66. The molecule has 0 aliphatic carbocycles. The van der Waals surface area contributed by atoms with Gasteiger partial charge in [-0.15, -0.1) is 0 Å². The van der Waals surface area contributed by atoms with Crippen molar-refractivity contribution < 1.29 is 4.74 Å². The number of ether oxygens (including phenoxy) is 1. The first-order valence-corrected chi connectivity index (χ1v) is 6.16. The third-order valence-electron chi connectivity index (χ3n) is 2.07. The highest BCUT2D eigenvalue weighted by atomic mass is 32.2. The predicted octanol–water partition coefficient (Wildman–Crippen LogP) is 3.60. The molecule has 0 radical (unpaired) electrons. The first-order chi connectivity index (χ1) is 7.46. The Hall–Kier alpha value is -1.14. The number of hydrogen-bond donors (Lipinski definition) is 0. The van der Waals surface area contributed by atoms with Gasteiger partial charge in [0, 0.05) is 16.1 Å². The molecule has 0 heterocycles. The van der Waals surface area contributed by atoms with Crippen LogP contribution in [0.4, 0.5) is 0 Å². The van der Waals surface area contributed by atoms with Crippen molar-refractivity contribution in [2.24, 2.45) is 0 Å². The molecule has 16 heavy (non-hydrogen) atoms.